The predicted octanol–water partition coefficient (Wildman–Crippen LogP) is 0.480. The minimum Gasteiger partial charge on any atom is -0.381 e. The Morgan fingerprint density at radius 1 is 1.25 bits per heavy atom. The van der Waals surface area contributed by atoms with Crippen LogP contribution in [0, 0.1) is 5.92 Å². The molecular formula is C14H22N2O4. The topological polar surface area (TPSA) is 75.7 Å². The van der Waals surface area contributed by atoms with E-state index in [1.165, 1.54) is 12.2 Å². The molecule has 3 amide bonds. The van der Waals surface area contributed by atoms with Gasteiger partial charge in [-0.3, -0.25) is 19.3 Å². The average Bonchev–Trinajstić information content (AvgIpc) is 2.69. The number of hydrogen-bond donors (Lipinski definition) is 1. The molecule has 0 saturated heterocycles. The third-order valence-electron chi connectivity index (χ3n) is 2.87. The van der Waals surface area contributed by atoms with Gasteiger partial charge < -0.3 is 10.1 Å². The highest BCUT2D eigenvalue weighted by Gasteiger charge is 2.22. The molecule has 1 N–H and O–H groups in total. The Balaban J connectivity index is 2.03. The molecule has 0 aromatic carbocycles. The highest BCUT2D eigenvalue weighted by atomic mass is 16.5. The molecule has 112 valence electrons. The maximum Gasteiger partial charge on any atom is 0.253 e. The molecule has 0 radical (unpaired) electrons. The summed E-state index contributed by atoms with van der Waals surface area (Å²) in [6.07, 6.45) is 3.73. The minimum absolute atomic E-state index is 0.137. The van der Waals surface area contributed by atoms with Crippen molar-refractivity contribution < 1.29 is 19.1 Å². The van der Waals surface area contributed by atoms with Crippen molar-refractivity contribution in [2.45, 2.75) is 26.7 Å². The Morgan fingerprint density at radius 3 is 2.50 bits per heavy atom. The van der Waals surface area contributed by atoms with E-state index in [-0.39, 0.29) is 37.2 Å². The van der Waals surface area contributed by atoms with E-state index in [0.717, 1.165) is 11.3 Å². The van der Waals surface area contributed by atoms with Crippen LogP contribution in [-0.2, 0) is 19.1 Å². The lowest BCUT2D eigenvalue weighted by Crippen LogP contribution is -2.38. The van der Waals surface area contributed by atoms with Crippen LogP contribution in [0.1, 0.15) is 26.7 Å². The van der Waals surface area contributed by atoms with E-state index in [1.54, 1.807) is 0 Å². The van der Waals surface area contributed by atoms with Crippen LogP contribution in [0.25, 0.3) is 0 Å². The zero-order valence-electron chi connectivity index (χ0n) is 12.1. The lowest BCUT2D eigenvalue weighted by atomic mass is 10.1. The molecule has 0 aromatic rings. The van der Waals surface area contributed by atoms with E-state index < -0.39 is 0 Å². The molecule has 0 spiro atoms. The van der Waals surface area contributed by atoms with Crippen LogP contribution in [0.5, 0.6) is 0 Å². The second-order valence-corrected chi connectivity index (χ2v) is 5.06. The van der Waals surface area contributed by atoms with E-state index in [2.05, 4.69) is 19.2 Å². The third-order valence-corrected chi connectivity index (χ3v) is 2.87. The second kappa shape index (κ2) is 8.47. The molecule has 0 saturated carbocycles. The normalized spacial score (nSPS) is 14.4. The molecule has 1 aliphatic heterocycles. The fraction of sp³-hybridized carbons (Fsp3) is 0.643. The summed E-state index contributed by atoms with van der Waals surface area (Å²) >= 11 is 0. The Labute approximate surface area is 119 Å². The molecule has 6 heteroatoms. The first-order valence-electron chi connectivity index (χ1n) is 6.88. The van der Waals surface area contributed by atoms with Gasteiger partial charge in [-0.1, -0.05) is 13.8 Å². The minimum atomic E-state index is -0.332. The molecular weight excluding hydrogens is 260 g/mol. The summed E-state index contributed by atoms with van der Waals surface area (Å²) < 4.78 is 5.34. The van der Waals surface area contributed by atoms with Crippen LogP contribution in [-0.4, -0.2) is 48.9 Å². The van der Waals surface area contributed by atoms with Gasteiger partial charge in [-0.05, 0) is 12.3 Å². The lowest BCUT2D eigenvalue weighted by molar-refractivity contribution is -0.137. The summed E-state index contributed by atoms with van der Waals surface area (Å²) in [6.45, 7) is 5.75. The SMILES string of the molecule is CC(C)CCOCCC(=O)NCCN1C(=O)C=CC1=O. The Bertz CT molecular complexity index is 373. The zero-order valence-corrected chi connectivity index (χ0v) is 12.1. The number of carbonyl (C=O) groups excluding carboxylic acids is 3. The fourth-order valence-corrected chi connectivity index (χ4v) is 1.63. The monoisotopic (exact) mass is 282 g/mol. The molecule has 0 atom stereocenters. The molecule has 0 aliphatic carbocycles. The number of nitrogens with zero attached hydrogens (tertiary/aromatic N) is 1. The van der Waals surface area contributed by atoms with Gasteiger partial charge in [0.2, 0.25) is 5.91 Å². The van der Waals surface area contributed by atoms with Crippen LogP contribution in [0.2, 0.25) is 0 Å². The van der Waals surface area contributed by atoms with E-state index in [0.29, 0.717) is 19.1 Å². The summed E-state index contributed by atoms with van der Waals surface area (Å²) in [7, 11) is 0. The van der Waals surface area contributed by atoms with E-state index in [4.69, 9.17) is 4.74 Å². The first kappa shape index (κ1) is 16.4. The zero-order chi connectivity index (χ0) is 15.0. The highest BCUT2D eigenvalue weighted by Crippen LogP contribution is 2.02. The highest BCUT2D eigenvalue weighted by molar-refractivity contribution is 6.12. The summed E-state index contributed by atoms with van der Waals surface area (Å²) in [5.41, 5.74) is 0. The number of nitrogens with one attached hydrogen (secondary N) is 1. The van der Waals surface area contributed by atoms with Gasteiger partial charge in [0.15, 0.2) is 0 Å². The fourth-order valence-electron chi connectivity index (χ4n) is 1.63. The maximum atomic E-state index is 11.5. The van der Waals surface area contributed by atoms with Gasteiger partial charge in [-0.2, -0.15) is 0 Å². The van der Waals surface area contributed by atoms with Crippen LogP contribution in [0.3, 0.4) is 0 Å². The standard InChI is InChI=1S/C14H22N2O4/c1-11(2)5-9-20-10-6-12(17)15-7-8-16-13(18)3-4-14(16)19/h3-4,11H,5-10H2,1-2H3,(H,15,17). The molecule has 1 aliphatic rings. The lowest BCUT2D eigenvalue weighted by Gasteiger charge is -2.14. The van der Waals surface area contributed by atoms with Crippen molar-refractivity contribution in [2.24, 2.45) is 5.92 Å². The van der Waals surface area contributed by atoms with E-state index in [1.807, 2.05) is 0 Å². The number of rotatable bonds is 9. The maximum absolute atomic E-state index is 11.5. The molecule has 1 heterocycles. The largest absolute Gasteiger partial charge is 0.381 e. The van der Waals surface area contributed by atoms with Crippen molar-refractivity contribution in [2.75, 3.05) is 26.3 Å². The first-order chi connectivity index (χ1) is 9.50. The number of amides is 3. The summed E-state index contributed by atoms with van der Waals surface area (Å²) in [4.78, 5) is 35.1. The van der Waals surface area contributed by atoms with E-state index >= 15 is 0 Å². The van der Waals surface area contributed by atoms with Crippen molar-refractivity contribution in [1.29, 1.82) is 0 Å². The van der Waals surface area contributed by atoms with Gasteiger partial charge in [0.25, 0.3) is 11.8 Å². The predicted molar refractivity (Wildman–Crippen MR) is 73.8 cm³/mol. The molecule has 0 aromatic heterocycles. The molecule has 6 nitrogen and oxygen atoms in total. The van der Waals surface area contributed by atoms with Crippen molar-refractivity contribution in [3.63, 3.8) is 0 Å². The molecule has 0 fully saturated rings. The first-order valence-corrected chi connectivity index (χ1v) is 6.88. The van der Waals surface area contributed by atoms with Crippen molar-refractivity contribution in [3.05, 3.63) is 12.2 Å². The average molecular weight is 282 g/mol. The number of imide groups is 1. The molecule has 0 bridgehead atoms. The van der Waals surface area contributed by atoms with E-state index in [9.17, 15) is 14.4 Å². The van der Waals surface area contributed by atoms with Crippen molar-refractivity contribution in [3.8, 4) is 0 Å². The van der Waals surface area contributed by atoms with Gasteiger partial charge >= 0.3 is 0 Å². The van der Waals surface area contributed by atoms with Gasteiger partial charge in [-0.25, -0.2) is 0 Å². The van der Waals surface area contributed by atoms with Gasteiger partial charge in [-0.15, -0.1) is 0 Å². The Hall–Kier alpha value is -1.69. The van der Waals surface area contributed by atoms with Crippen LogP contribution in [0.4, 0.5) is 0 Å². The van der Waals surface area contributed by atoms with Crippen molar-refractivity contribution in [1.82, 2.24) is 10.2 Å². The molecule has 0 unspecified atom stereocenters. The van der Waals surface area contributed by atoms with Crippen LogP contribution in [0.15, 0.2) is 12.2 Å². The summed E-state index contributed by atoms with van der Waals surface area (Å²) in [5.74, 6) is -0.211. The smallest absolute Gasteiger partial charge is 0.253 e. The third kappa shape index (κ3) is 5.97. The van der Waals surface area contributed by atoms with Gasteiger partial charge in [0, 0.05) is 38.3 Å². The van der Waals surface area contributed by atoms with Crippen molar-refractivity contribution >= 4 is 17.7 Å². The number of ether oxygens (including phenoxy) is 1. The Kier molecular flexibility index (Phi) is 6.93. The van der Waals surface area contributed by atoms with Gasteiger partial charge in [0.1, 0.15) is 0 Å². The summed E-state index contributed by atoms with van der Waals surface area (Å²) in [5, 5.41) is 2.66. The molecule has 20 heavy (non-hydrogen) atoms. The molecule has 1 rings (SSSR count). The van der Waals surface area contributed by atoms with Crippen LogP contribution < -0.4 is 5.32 Å². The summed E-state index contributed by atoms with van der Waals surface area (Å²) in [6, 6.07) is 0. The number of hydrogen-bond acceptors (Lipinski definition) is 4. The Morgan fingerprint density at radius 2 is 1.90 bits per heavy atom. The quantitative estimate of drug-likeness (QED) is 0.493. The van der Waals surface area contributed by atoms with Crippen LogP contribution >= 0.6 is 0 Å². The second-order valence-electron chi connectivity index (χ2n) is 5.06. The number of carbonyl (C=O) groups is 3. The van der Waals surface area contributed by atoms with Gasteiger partial charge in [0.05, 0.1) is 6.61 Å².